The van der Waals surface area contributed by atoms with Crippen LogP contribution in [0.2, 0.25) is 0 Å². The number of hydrogen-bond donors (Lipinski definition) is 0. The third kappa shape index (κ3) is 3.69. The average Bonchev–Trinajstić information content (AvgIpc) is 3.03. The Bertz CT molecular complexity index is 636. The van der Waals surface area contributed by atoms with Crippen LogP contribution in [0, 0.1) is 5.92 Å². The Kier molecular flexibility index (Phi) is 4.94. The minimum Gasteiger partial charge on any atom is -0.337 e. The monoisotopic (exact) mass is 327 g/mol. The molecule has 0 radical (unpaired) electrons. The predicted molar refractivity (Wildman–Crippen MR) is 85.4 cm³/mol. The predicted octanol–water partition coefficient (Wildman–Crippen LogP) is 1.58. The number of carbonyl (C=O) groups excluding carboxylic acids is 1. The molecular formula is C15H25N3O3S. The van der Waals surface area contributed by atoms with Crippen LogP contribution < -0.4 is 0 Å². The fourth-order valence-corrected chi connectivity index (χ4v) is 4.64. The second-order valence-electron chi connectivity index (χ2n) is 6.63. The number of rotatable bonds is 5. The zero-order valence-electron chi connectivity index (χ0n) is 13.7. The number of aromatic nitrogens is 2. The Balaban J connectivity index is 2.13. The zero-order chi connectivity index (χ0) is 16.5. The fourth-order valence-electron chi connectivity index (χ4n) is 3.15. The molecule has 1 fully saturated rings. The van der Waals surface area contributed by atoms with E-state index in [0.717, 1.165) is 19.4 Å². The van der Waals surface area contributed by atoms with Gasteiger partial charge in [0.05, 0.1) is 17.0 Å². The highest BCUT2D eigenvalue weighted by Crippen LogP contribution is 2.29. The Labute approximate surface area is 132 Å². The van der Waals surface area contributed by atoms with Crippen molar-refractivity contribution in [3.63, 3.8) is 0 Å². The van der Waals surface area contributed by atoms with Crippen LogP contribution in [0.25, 0.3) is 0 Å². The molecule has 1 aliphatic rings. The van der Waals surface area contributed by atoms with E-state index < -0.39 is 15.1 Å². The van der Waals surface area contributed by atoms with E-state index in [4.69, 9.17) is 0 Å². The molecule has 1 heterocycles. The molecule has 0 spiro atoms. The third-order valence-electron chi connectivity index (χ3n) is 4.22. The lowest BCUT2D eigenvalue weighted by Crippen LogP contribution is -2.44. The molecular weight excluding hydrogens is 302 g/mol. The lowest BCUT2D eigenvalue weighted by Gasteiger charge is -2.28. The summed E-state index contributed by atoms with van der Waals surface area (Å²) < 4.78 is 25.5. The minimum absolute atomic E-state index is 0.157. The van der Waals surface area contributed by atoms with Gasteiger partial charge in [-0.3, -0.25) is 9.48 Å². The van der Waals surface area contributed by atoms with Crippen LogP contribution in [-0.2, 0) is 16.4 Å². The van der Waals surface area contributed by atoms with E-state index in [9.17, 15) is 13.2 Å². The summed E-state index contributed by atoms with van der Waals surface area (Å²) in [5.74, 6) is 0.292. The summed E-state index contributed by atoms with van der Waals surface area (Å²) in [5.41, 5.74) is 0.516. The van der Waals surface area contributed by atoms with Gasteiger partial charge in [-0.2, -0.15) is 5.10 Å². The molecule has 0 bridgehead atoms. The summed E-state index contributed by atoms with van der Waals surface area (Å²) in [6, 6.07) is -0.240. The smallest absolute Gasteiger partial charge is 0.257 e. The van der Waals surface area contributed by atoms with Gasteiger partial charge < -0.3 is 4.90 Å². The van der Waals surface area contributed by atoms with Crippen LogP contribution in [0.5, 0.6) is 0 Å². The molecule has 1 aromatic heterocycles. The van der Waals surface area contributed by atoms with Crippen LogP contribution in [0.1, 0.15) is 43.5 Å². The van der Waals surface area contributed by atoms with Crippen LogP contribution in [0.15, 0.2) is 12.4 Å². The molecule has 1 amide bonds. The highest BCUT2D eigenvalue weighted by molar-refractivity contribution is 7.91. The van der Waals surface area contributed by atoms with Gasteiger partial charge in [-0.15, -0.1) is 0 Å². The van der Waals surface area contributed by atoms with Crippen molar-refractivity contribution in [1.82, 2.24) is 14.7 Å². The highest BCUT2D eigenvalue weighted by atomic mass is 32.2. The second kappa shape index (κ2) is 6.40. The second-order valence-corrected chi connectivity index (χ2v) is 8.89. The average molecular weight is 327 g/mol. The van der Waals surface area contributed by atoms with Crippen molar-refractivity contribution in [3.8, 4) is 0 Å². The molecule has 1 aliphatic carbocycles. The summed E-state index contributed by atoms with van der Waals surface area (Å²) in [6.45, 7) is 4.93. The number of hydrogen-bond acceptors (Lipinski definition) is 4. The van der Waals surface area contributed by atoms with Crippen molar-refractivity contribution in [3.05, 3.63) is 18.0 Å². The number of carbonyl (C=O) groups is 1. The van der Waals surface area contributed by atoms with Crippen LogP contribution in [0.3, 0.4) is 0 Å². The van der Waals surface area contributed by atoms with Crippen molar-refractivity contribution in [1.29, 1.82) is 0 Å². The van der Waals surface area contributed by atoms with Crippen molar-refractivity contribution in [2.24, 2.45) is 5.92 Å². The quantitative estimate of drug-likeness (QED) is 0.823. The van der Waals surface area contributed by atoms with E-state index in [0.29, 0.717) is 17.9 Å². The molecule has 0 unspecified atom stereocenters. The van der Waals surface area contributed by atoms with Gasteiger partial charge in [-0.05, 0) is 25.2 Å². The van der Waals surface area contributed by atoms with E-state index in [1.807, 2.05) is 0 Å². The van der Waals surface area contributed by atoms with E-state index in [-0.39, 0.29) is 11.9 Å². The zero-order valence-corrected chi connectivity index (χ0v) is 14.5. The van der Waals surface area contributed by atoms with Crippen molar-refractivity contribution >= 4 is 15.7 Å². The van der Waals surface area contributed by atoms with Crippen LogP contribution in [-0.4, -0.2) is 53.6 Å². The van der Waals surface area contributed by atoms with Crippen LogP contribution >= 0.6 is 0 Å². The molecule has 7 heteroatoms. The van der Waals surface area contributed by atoms with Crippen LogP contribution in [0.4, 0.5) is 0 Å². The molecule has 2 rings (SSSR count). The standard InChI is InChI=1S/C15H25N3O3S/c1-11(2)9-18-10-12(8-16-18)15(19)17(3)13-6-5-7-14(13)22(4,20)21/h8,10-11,13-14H,5-7,9H2,1-4H3/t13-,14-/m0/s1. The molecule has 2 atom stereocenters. The van der Waals surface area contributed by atoms with E-state index >= 15 is 0 Å². The first-order chi connectivity index (χ1) is 10.2. The van der Waals surface area contributed by atoms with Gasteiger partial charge in [-0.1, -0.05) is 13.8 Å². The van der Waals surface area contributed by atoms with Gasteiger partial charge in [0, 0.05) is 32.1 Å². The Morgan fingerprint density at radius 3 is 2.73 bits per heavy atom. The summed E-state index contributed by atoms with van der Waals surface area (Å²) in [4.78, 5) is 14.2. The molecule has 124 valence electrons. The largest absolute Gasteiger partial charge is 0.337 e. The highest BCUT2D eigenvalue weighted by Gasteiger charge is 2.39. The molecule has 0 aromatic carbocycles. The van der Waals surface area contributed by atoms with Gasteiger partial charge in [0.25, 0.3) is 5.91 Å². The van der Waals surface area contributed by atoms with E-state index in [1.54, 1.807) is 29.0 Å². The Morgan fingerprint density at radius 1 is 1.45 bits per heavy atom. The molecule has 1 aromatic rings. The first-order valence-corrected chi connectivity index (χ1v) is 9.64. The summed E-state index contributed by atoms with van der Waals surface area (Å²) in [5, 5.41) is 3.75. The van der Waals surface area contributed by atoms with Crippen molar-refractivity contribution in [2.45, 2.75) is 50.9 Å². The van der Waals surface area contributed by atoms with Crippen molar-refractivity contribution in [2.75, 3.05) is 13.3 Å². The first kappa shape index (κ1) is 17.0. The molecule has 0 aliphatic heterocycles. The Hall–Kier alpha value is -1.37. The van der Waals surface area contributed by atoms with Crippen molar-refractivity contribution < 1.29 is 13.2 Å². The Morgan fingerprint density at radius 2 is 2.14 bits per heavy atom. The van der Waals surface area contributed by atoms with E-state index in [1.165, 1.54) is 6.26 Å². The molecule has 0 saturated heterocycles. The number of sulfone groups is 1. The maximum Gasteiger partial charge on any atom is 0.257 e. The van der Waals surface area contributed by atoms with Gasteiger partial charge >= 0.3 is 0 Å². The van der Waals surface area contributed by atoms with Gasteiger partial charge in [0.15, 0.2) is 9.84 Å². The number of amides is 1. The summed E-state index contributed by atoms with van der Waals surface area (Å²) in [6.07, 6.45) is 6.77. The molecule has 22 heavy (non-hydrogen) atoms. The maximum absolute atomic E-state index is 12.6. The fraction of sp³-hybridized carbons (Fsp3) is 0.733. The lowest BCUT2D eigenvalue weighted by molar-refractivity contribution is 0.0737. The minimum atomic E-state index is -3.14. The van der Waals surface area contributed by atoms with Gasteiger partial charge in [0.1, 0.15) is 0 Å². The summed E-state index contributed by atoms with van der Waals surface area (Å²) in [7, 11) is -1.45. The number of nitrogens with zero attached hydrogens (tertiary/aromatic N) is 3. The SMILES string of the molecule is CC(C)Cn1cc(C(=O)N(C)[C@H]2CCC[C@@H]2S(C)(=O)=O)cn1. The summed E-state index contributed by atoms with van der Waals surface area (Å²) >= 11 is 0. The normalized spacial score (nSPS) is 22.2. The molecule has 1 saturated carbocycles. The first-order valence-electron chi connectivity index (χ1n) is 7.68. The molecule has 0 N–H and O–H groups in total. The van der Waals surface area contributed by atoms with Gasteiger partial charge in [-0.25, -0.2) is 8.42 Å². The topological polar surface area (TPSA) is 72.3 Å². The van der Waals surface area contributed by atoms with Gasteiger partial charge in [0.2, 0.25) is 0 Å². The lowest BCUT2D eigenvalue weighted by atomic mass is 10.2. The van der Waals surface area contributed by atoms with E-state index in [2.05, 4.69) is 18.9 Å². The third-order valence-corrected chi connectivity index (χ3v) is 5.87. The maximum atomic E-state index is 12.6. The molecule has 6 nitrogen and oxygen atoms in total.